The molecule has 7 heteroatoms. The molecule has 0 bridgehead atoms. The highest BCUT2D eigenvalue weighted by Gasteiger charge is 2.10. The van der Waals surface area contributed by atoms with E-state index in [0.717, 1.165) is 35.2 Å². The van der Waals surface area contributed by atoms with Crippen LogP contribution in [0.2, 0.25) is 0 Å². The van der Waals surface area contributed by atoms with Gasteiger partial charge in [-0.05, 0) is 62.8 Å². The standard InChI is InChI=1S/C15H20N2O.C14H23N3O/c1-12(2)11-17-15(13(3)18)16-10-9-14-7-5-4-6-8-14;1-5-9(2)6-14(18)16-8-12-10(3)7-13(15)17-11(12)4/h4-8,11H,9-10H2,1-3H3,(H,16,17);7,9H,5-6,8H2,1-4H3,(H2,15,17)(H,16,18). The third-order valence-corrected chi connectivity index (χ3v) is 5.61. The first-order chi connectivity index (χ1) is 17.0. The van der Waals surface area contributed by atoms with Crippen LogP contribution in [0.25, 0.3) is 0 Å². The molecule has 0 spiro atoms. The summed E-state index contributed by atoms with van der Waals surface area (Å²) in [4.78, 5) is 31.6. The maximum Gasteiger partial charge on any atom is 0.220 e. The van der Waals surface area contributed by atoms with E-state index in [9.17, 15) is 9.59 Å². The van der Waals surface area contributed by atoms with Gasteiger partial charge in [0.25, 0.3) is 0 Å². The minimum atomic E-state index is -0.0411. The predicted octanol–water partition coefficient (Wildman–Crippen LogP) is 5.06. The topological polar surface area (TPSA) is 109 Å². The monoisotopic (exact) mass is 493 g/mol. The summed E-state index contributed by atoms with van der Waals surface area (Å²) >= 11 is 0. The molecule has 0 fully saturated rings. The number of benzene rings is 1. The van der Waals surface area contributed by atoms with E-state index >= 15 is 0 Å². The summed E-state index contributed by atoms with van der Waals surface area (Å²) in [6.45, 7) is 14.7. The largest absolute Gasteiger partial charge is 0.384 e. The normalized spacial score (nSPS) is 11.6. The zero-order valence-corrected chi connectivity index (χ0v) is 22.9. The summed E-state index contributed by atoms with van der Waals surface area (Å²) in [6, 6.07) is 12.0. The molecule has 0 aliphatic carbocycles. The van der Waals surface area contributed by atoms with Crippen molar-refractivity contribution < 1.29 is 9.59 Å². The maximum absolute atomic E-state index is 11.7. The fourth-order valence-electron chi connectivity index (χ4n) is 3.29. The van der Waals surface area contributed by atoms with Gasteiger partial charge in [-0.3, -0.25) is 14.6 Å². The van der Waals surface area contributed by atoms with Gasteiger partial charge in [-0.15, -0.1) is 0 Å². The number of aliphatic imine (C=N–C) groups is 1. The van der Waals surface area contributed by atoms with Gasteiger partial charge in [-0.25, -0.2) is 4.98 Å². The van der Waals surface area contributed by atoms with Gasteiger partial charge >= 0.3 is 0 Å². The Morgan fingerprint density at radius 1 is 1.14 bits per heavy atom. The van der Waals surface area contributed by atoms with Crippen LogP contribution in [-0.2, 0) is 22.6 Å². The second-order valence-electron chi connectivity index (χ2n) is 9.31. The average Bonchev–Trinajstić information content (AvgIpc) is 2.81. The van der Waals surface area contributed by atoms with Crippen molar-refractivity contribution in [3.63, 3.8) is 0 Å². The van der Waals surface area contributed by atoms with E-state index in [1.54, 1.807) is 6.20 Å². The third-order valence-electron chi connectivity index (χ3n) is 5.61. The van der Waals surface area contributed by atoms with Crippen molar-refractivity contribution >= 4 is 23.3 Å². The fourth-order valence-corrected chi connectivity index (χ4v) is 3.29. The lowest BCUT2D eigenvalue weighted by atomic mass is 10.0. The highest BCUT2D eigenvalue weighted by Crippen LogP contribution is 2.14. The second kappa shape index (κ2) is 16.2. The van der Waals surface area contributed by atoms with Crippen LogP contribution in [0.1, 0.15) is 69.8 Å². The molecule has 2 aromatic rings. The first-order valence-electron chi connectivity index (χ1n) is 12.5. The smallest absolute Gasteiger partial charge is 0.220 e. The number of nitrogens with two attached hydrogens (primary N) is 1. The van der Waals surface area contributed by atoms with Crippen molar-refractivity contribution in [2.75, 3.05) is 12.3 Å². The number of carbonyl (C=O) groups excluding carboxylic acids is 2. The van der Waals surface area contributed by atoms with E-state index < -0.39 is 0 Å². The van der Waals surface area contributed by atoms with Crippen LogP contribution in [-0.4, -0.2) is 29.1 Å². The molecule has 2 rings (SSSR count). The van der Waals surface area contributed by atoms with Crippen molar-refractivity contribution in [3.8, 4) is 0 Å². The number of pyridine rings is 1. The van der Waals surface area contributed by atoms with Gasteiger partial charge in [0.2, 0.25) is 5.91 Å². The van der Waals surface area contributed by atoms with Gasteiger partial charge in [-0.2, -0.15) is 0 Å². The molecular weight excluding hydrogens is 450 g/mol. The number of nitrogens with zero attached hydrogens (tertiary/aromatic N) is 2. The molecule has 1 atom stereocenters. The number of carbonyl (C=O) groups is 2. The molecule has 1 aromatic carbocycles. The second-order valence-corrected chi connectivity index (χ2v) is 9.31. The number of aromatic nitrogens is 1. The van der Waals surface area contributed by atoms with Gasteiger partial charge in [-0.1, -0.05) is 56.2 Å². The van der Waals surface area contributed by atoms with Gasteiger partial charge in [0, 0.05) is 38.3 Å². The van der Waals surface area contributed by atoms with Crippen LogP contribution in [0, 0.1) is 19.8 Å². The number of aryl methyl sites for hydroxylation is 2. The number of nitrogen functional groups attached to an aromatic ring is 1. The van der Waals surface area contributed by atoms with E-state index in [1.165, 1.54) is 12.5 Å². The molecule has 36 heavy (non-hydrogen) atoms. The maximum atomic E-state index is 11.7. The molecule has 0 aliphatic heterocycles. The number of amidine groups is 1. The van der Waals surface area contributed by atoms with Crippen LogP contribution < -0.4 is 16.4 Å². The average molecular weight is 494 g/mol. The Balaban J connectivity index is 0.000000360. The predicted molar refractivity (Wildman–Crippen MR) is 150 cm³/mol. The van der Waals surface area contributed by atoms with E-state index in [-0.39, 0.29) is 11.7 Å². The van der Waals surface area contributed by atoms with E-state index in [4.69, 9.17) is 5.73 Å². The zero-order chi connectivity index (χ0) is 27.1. The molecule has 7 nitrogen and oxygen atoms in total. The van der Waals surface area contributed by atoms with Crippen LogP contribution in [0.5, 0.6) is 0 Å². The van der Waals surface area contributed by atoms with Gasteiger partial charge in [0.05, 0.1) is 0 Å². The molecule has 1 heterocycles. The molecule has 0 radical (unpaired) electrons. The minimum absolute atomic E-state index is 0.0411. The molecule has 1 amide bonds. The fraction of sp³-hybridized carbons (Fsp3) is 0.448. The van der Waals surface area contributed by atoms with Crippen molar-refractivity contribution in [1.29, 1.82) is 0 Å². The molecule has 196 valence electrons. The lowest BCUT2D eigenvalue weighted by molar-refractivity contribution is -0.122. The Kier molecular flexibility index (Phi) is 13.8. The lowest BCUT2D eigenvalue weighted by Gasteiger charge is -2.13. The van der Waals surface area contributed by atoms with E-state index in [2.05, 4.69) is 46.6 Å². The van der Waals surface area contributed by atoms with Crippen LogP contribution in [0.3, 0.4) is 0 Å². The number of rotatable bonds is 10. The molecule has 0 saturated carbocycles. The van der Waals surface area contributed by atoms with Crippen molar-refractivity contribution in [1.82, 2.24) is 15.6 Å². The highest BCUT2D eigenvalue weighted by molar-refractivity contribution is 6.38. The Bertz CT molecular complexity index is 1020. The molecular formula is C29H43N5O2. The number of anilines is 1. The van der Waals surface area contributed by atoms with Crippen LogP contribution in [0.15, 0.2) is 53.2 Å². The van der Waals surface area contributed by atoms with Crippen LogP contribution in [0.4, 0.5) is 5.82 Å². The Labute approximate surface area is 216 Å². The zero-order valence-electron chi connectivity index (χ0n) is 22.9. The number of ketones is 1. The van der Waals surface area contributed by atoms with Crippen LogP contribution >= 0.6 is 0 Å². The van der Waals surface area contributed by atoms with Gasteiger partial charge in [0.15, 0.2) is 11.6 Å². The lowest BCUT2D eigenvalue weighted by Crippen LogP contribution is -2.25. The van der Waals surface area contributed by atoms with Gasteiger partial charge < -0.3 is 16.4 Å². The number of allylic oxidation sites excluding steroid dienone is 1. The first kappa shape index (κ1) is 30.6. The highest BCUT2D eigenvalue weighted by atomic mass is 16.1. The molecule has 0 aliphatic rings. The summed E-state index contributed by atoms with van der Waals surface area (Å²) in [6.07, 6.45) is 4.24. The number of amides is 1. The molecule has 1 unspecified atom stereocenters. The van der Waals surface area contributed by atoms with Gasteiger partial charge in [0.1, 0.15) is 5.82 Å². The summed E-state index contributed by atoms with van der Waals surface area (Å²) < 4.78 is 0. The first-order valence-corrected chi connectivity index (χ1v) is 12.5. The summed E-state index contributed by atoms with van der Waals surface area (Å²) in [5.74, 6) is 1.43. The number of Topliss-reactive ketones (excluding diaryl/α,β-unsaturated/α-hetero) is 1. The number of nitrogens with one attached hydrogen (secondary N) is 2. The molecule has 1 aromatic heterocycles. The summed E-state index contributed by atoms with van der Waals surface area (Å²) in [5, 5.41) is 5.89. The Morgan fingerprint density at radius 2 is 1.81 bits per heavy atom. The minimum Gasteiger partial charge on any atom is -0.384 e. The Hall–Kier alpha value is -3.48. The number of hydrogen-bond acceptors (Lipinski definition) is 5. The SMILES string of the molecule is CC(=O)C(=NCCc1ccccc1)NC=C(C)C.CCC(C)CC(=O)NCc1c(C)cc(N)nc1C. The third kappa shape index (κ3) is 12.3. The van der Waals surface area contributed by atoms with Crippen molar-refractivity contribution in [2.24, 2.45) is 10.9 Å². The molecule has 0 saturated heterocycles. The van der Waals surface area contributed by atoms with Crippen molar-refractivity contribution in [3.05, 3.63) is 70.6 Å². The summed E-state index contributed by atoms with van der Waals surface area (Å²) in [7, 11) is 0. The van der Waals surface area contributed by atoms with Crippen molar-refractivity contribution in [2.45, 2.75) is 74.3 Å². The summed E-state index contributed by atoms with van der Waals surface area (Å²) in [5.41, 5.74) is 11.0. The Morgan fingerprint density at radius 3 is 2.36 bits per heavy atom. The molecule has 4 N–H and O–H groups in total. The number of hydrogen-bond donors (Lipinski definition) is 3. The van der Waals surface area contributed by atoms with E-state index in [0.29, 0.717) is 37.1 Å². The quantitative estimate of drug-likeness (QED) is 0.316. The van der Waals surface area contributed by atoms with E-state index in [1.807, 2.05) is 52.0 Å².